The fourth-order valence-electron chi connectivity index (χ4n) is 1.17. The zero-order valence-corrected chi connectivity index (χ0v) is 8.15. The van der Waals surface area contributed by atoms with Gasteiger partial charge in [0.25, 0.3) is 0 Å². The predicted molar refractivity (Wildman–Crippen MR) is 54.1 cm³/mol. The molecule has 70 valence electrons. The van der Waals surface area contributed by atoms with Gasteiger partial charge in [-0.25, -0.2) is 9.97 Å². The Bertz CT molecular complexity index is 399. The topological polar surface area (TPSA) is 38.7 Å². The Hall–Kier alpha value is -1.48. The van der Waals surface area contributed by atoms with Gasteiger partial charge in [0, 0.05) is 31.2 Å². The maximum atomic E-state index is 5.58. The van der Waals surface area contributed by atoms with E-state index in [0.29, 0.717) is 0 Å². The molecule has 3 nitrogen and oxygen atoms in total. The summed E-state index contributed by atoms with van der Waals surface area (Å²) in [5.74, 6) is 0. The molecule has 2 rings (SSSR count). The van der Waals surface area contributed by atoms with Crippen LogP contribution < -0.4 is 0 Å². The SMILES string of the molecule is Clc1ncc(Cc2cccnc2)cn1. The van der Waals surface area contributed by atoms with Crippen molar-refractivity contribution in [2.75, 3.05) is 0 Å². The first-order valence-corrected chi connectivity index (χ1v) is 4.58. The van der Waals surface area contributed by atoms with Gasteiger partial charge in [-0.2, -0.15) is 0 Å². The van der Waals surface area contributed by atoms with Crippen LogP contribution in [0.25, 0.3) is 0 Å². The van der Waals surface area contributed by atoms with Crippen LogP contribution in [0.4, 0.5) is 0 Å². The van der Waals surface area contributed by atoms with Crippen LogP contribution in [-0.2, 0) is 6.42 Å². The van der Waals surface area contributed by atoms with Crippen LogP contribution in [0.15, 0.2) is 36.9 Å². The largest absolute Gasteiger partial charge is 0.264 e. The molecule has 0 aliphatic carbocycles. The monoisotopic (exact) mass is 205 g/mol. The summed E-state index contributed by atoms with van der Waals surface area (Å²) in [6.45, 7) is 0. The molecule has 0 aliphatic rings. The lowest BCUT2D eigenvalue weighted by molar-refractivity contribution is 1.06. The van der Waals surface area contributed by atoms with Crippen LogP contribution in [0.2, 0.25) is 5.28 Å². The molecule has 0 saturated carbocycles. The van der Waals surface area contributed by atoms with E-state index in [1.54, 1.807) is 18.6 Å². The first-order chi connectivity index (χ1) is 6.84. The van der Waals surface area contributed by atoms with E-state index in [1.165, 1.54) is 0 Å². The molecule has 0 aromatic carbocycles. The van der Waals surface area contributed by atoms with Crippen LogP contribution in [-0.4, -0.2) is 15.0 Å². The van der Waals surface area contributed by atoms with E-state index in [-0.39, 0.29) is 5.28 Å². The van der Waals surface area contributed by atoms with E-state index in [2.05, 4.69) is 15.0 Å². The van der Waals surface area contributed by atoms with Gasteiger partial charge in [0.1, 0.15) is 0 Å². The summed E-state index contributed by atoms with van der Waals surface area (Å²) in [5.41, 5.74) is 2.17. The number of hydrogen-bond donors (Lipinski definition) is 0. The van der Waals surface area contributed by atoms with Gasteiger partial charge in [-0.05, 0) is 28.8 Å². The van der Waals surface area contributed by atoms with E-state index in [0.717, 1.165) is 17.5 Å². The third kappa shape index (κ3) is 2.26. The molecule has 0 fully saturated rings. The smallest absolute Gasteiger partial charge is 0.222 e. The van der Waals surface area contributed by atoms with Crippen molar-refractivity contribution in [1.29, 1.82) is 0 Å². The molecule has 0 amide bonds. The molecule has 2 aromatic heterocycles. The molecule has 2 heterocycles. The van der Waals surface area contributed by atoms with Gasteiger partial charge < -0.3 is 0 Å². The van der Waals surface area contributed by atoms with Crippen molar-refractivity contribution in [2.45, 2.75) is 6.42 Å². The molecular weight excluding hydrogens is 198 g/mol. The molecule has 4 heteroatoms. The standard InChI is InChI=1S/C10H8ClN3/c11-10-13-6-9(7-14-10)4-8-2-1-3-12-5-8/h1-3,5-7H,4H2. The van der Waals surface area contributed by atoms with Gasteiger partial charge in [-0.3, -0.25) is 4.98 Å². The number of halogens is 1. The molecule has 0 aliphatic heterocycles. The van der Waals surface area contributed by atoms with Gasteiger partial charge in [-0.1, -0.05) is 6.07 Å². The predicted octanol–water partition coefficient (Wildman–Crippen LogP) is 2.12. The van der Waals surface area contributed by atoms with Crippen molar-refractivity contribution >= 4 is 11.6 Å². The van der Waals surface area contributed by atoms with Crippen molar-refractivity contribution in [3.05, 3.63) is 53.3 Å². The van der Waals surface area contributed by atoms with Gasteiger partial charge in [-0.15, -0.1) is 0 Å². The lowest BCUT2D eigenvalue weighted by atomic mass is 10.1. The van der Waals surface area contributed by atoms with Gasteiger partial charge in [0.2, 0.25) is 5.28 Å². The average molecular weight is 206 g/mol. The number of rotatable bonds is 2. The third-order valence-corrected chi connectivity index (χ3v) is 2.00. The Balaban J connectivity index is 2.16. The fraction of sp³-hybridized carbons (Fsp3) is 0.100. The molecule has 2 aromatic rings. The molecule has 0 radical (unpaired) electrons. The number of aromatic nitrogens is 3. The third-order valence-electron chi connectivity index (χ3n) is 1.80. The lowest BCUT2D eigenvalue weighted by Gasteiger charge is -1.99. The van der Waals surface area contributed by atoms with Crippen molar-refractivity contribution < 1.29 is 0 Å². The van der Waals surface area contributed by atoms with Crippen LogP contribution in [0.5, 0.6) is 0 Å². The van der Waals surface area contributed by atoms with Gasteiger partial charge in [0.05, 0.1) is 0 Å². The molecule has 0 bridgehead atoms. The Kier molecular flexibility index (Phi) is 2.70. The Morgan fingerprint density at radius 2 is 1.86 bits per heavy atom. The Morgan fingerprint density at radius 1 is 1.07 bits per heavy atom. The minimum atomic E-state index is 0.278. The van der Waals surface area contributed by atoms with E-state index >= 15 is 0 Å². The molecule has 0 unspecified atom stereocenters. The van der Waals surface area contributed by atoms with Gasteiger partial charge >= 0.3 is 0 Å². The second-order valence-electron chi connectivity index (χ2n) is 2.90. The highest BCUT2D eigenvalue weighted by atomic mass is 35.5. The Labute approximate surface area is 86.8 Å². The van der Waals surface area contributed by atoms with Crippen molar-refractivity contribution in [3.8, 4) is 0 Å². The van der Waals surface area contributed by atoms with Crippen LogP contribution in [0.1, 0.15) is 11.1 Å². The first-order valence-electron chi connectivity index (χ1n) is 4.20. The first kappa shape index (κ1) is 9.09. The Morgan fingerprint density at radius 3 is 2.50 bits per heavy atom. The maximum absolute atomic E-state index is 5.58. The van der Waals surface area contributed by atoms with Crippen molar-refractivity contribution in [3.63, 3.8) is 0 Å². The summed E-state index contributed by atoms with van der Waals surface area (Å²) in [7, 11) is 0. The summed E-state index contributed by atoms with van der Waals surface area (Å²) in [4.78, 5) is 11.8. The number of pyridine rings is 1. The minimum absolute atomic E-state index is 0.278. The molecule has 0 saturated heterocycles. The normalized spacial score (nSPS) is 10.1. The van der Waals surface area contributed by atoms with Gasteiger partial charge in [0.15, 0.2) is 0 Å². The molecule has 0 atom stereocenters. The van der Waals surface area contributed by atoms with Crippen LogP contribution in [0, 0.1) is 0 Å². The summed E-state index contributed by atoms with van der Waals surface area (Å²) >= 11 is 5.58. The summed E-state index contributed by atoms with van der Waals surface area (Å²) < 4.78 is 0. The van der Waals surface area contributed by atoms with Crippen LogP contribution >= 0.6 is 11.6 Å². The number of hydrogen-bond acceptors (Lipinski definition) is 3. The molecule has 0 N–H and O–H groups in total. The highest BCUT2D eigenvalue weighted by molar-refractivity contribution is 6.28. The van der Waals surface area contributed by atoms with E-state index < -0.39 is 0 Å². The minimum Gasteiger partial charge on any atom is -0.264 e. The molecule has 14 heavy (non-hydrogen) atoms. The molecule has 0 spiro atoms. The maximum Gasteiger partial charge on any atom is 0.222 e. The van der Waals surface area contributed by atoms with E-state index in [9.17, 15) is 0 Å². The summed E-state index contributed by atoms with van der Waals surface area (Å²) in [6.07, 6.45) is 7.81. The molecular formula is C10H8ClN3. The van der Waals surface area contributed by atoms with Crippen molar-refractivity contribution in [1.82, 2.24) is 15.0 Å². The van der Waals surface area contributed by atoms with Crippen LogP contribution in [0.3, 0.4) is 0 Å². The zero-order chi connectivity index (χ0) is 9.80. The zero-order valence-electron chi connectivity index (χ0n) is 7.39. The fourth-order valence-corrected chi connectivity index (χ4v) is 1.27. The quantitative estimate of drug-likeness (QED) is 0.705. The second kappa shape index (κ2) is 4.15. The van der Waals surface area contributed by atoms with E-state index in [1.807, 2.05) is 18.3 Å². The lowest BCUT2D eigenvalue weighted by Crippen LogP contribution is -1.91. The summed E-state index contributed by atoms with van der Waals surface area (Å²) in [5, 5.41) is 0.278. The van der Waals surface area contributed by atoms with E-state index in [4.69, 9.17) is 11.6 Å². The average Bonchev–Trinajstić information content (AvgIpc) is 2.23. The highest BCUT2D eigenvalue weighted by Crippen LogP contribution is 2.07. The number of nitrogens with zero attached hydrogens (tertiary/aromatic N) is 3. The summed E-state index contributed by atoms with van der Waals surface area (Å²) in [6, 6.07) is 3.92. The second-order valence-corrected chi connectivity index (χ2v) is 3.24. The van der Waals surface area contributed by atoms with Crippen molar-refractivity contribution in [2.24, 2.45) is 0 Å². The highest BCUT2D eigenvalue weighted by Gasteiger charge is 1.97.